The summed E-state index contributed by atoms with van der Waals surface area (Å²) < 4.78 is 29.7. The van der Waals surface area contributed by atoms with E-state index >= 15 is 0 Å². The molecule has 0 saturated heterocycles. The van der Waals surface area contributed by atoms with Crippen LogP contribution in [0.5, 0.6) is 0 Å². The van der Waals surface area contributed by atoms with Crippen molar-refractivity contribution in [3.05, 3.63) is 65.6 Å². The molecule has 4 aromatic rings. The molecule has 132 valence electrons. The van der Waals surface area contributed by atoms with Crippen LogP contribution in [0, 0.1) is 0 Å². The maximum absolute atomic E-state index is 12.6. The van der Waals surface area contributed by atoms with E-state index in [4.69, 9.17) is 0 Å². The Balaban J connectivity index is 1.47. The molecular weight excluding hydrogens is 368 g/mol. The molecule has 26 heavy (non-hydrogen) atoms. The van der Waals surface area contributed by atoms with Crippen LogP contribution in [-0.4, -0.2) is 29.7 Å². The lowest BCUT2D eigenvalue weighted by atomic mass is 10.2. The van der Waals surface area contributed by atoms with Gasteiger partial charge in [-0.1, -0.05) is 18.2 Å². The average molecular weight is 384 g/mol. The van der Waals surface area contributed by atoms with Gasteiger partial charge in [-0.25, -0.2) is 13.1 Å². The fourth-order valence-electron chi connectivity index (χ4n) is 2.72. The number of thiophene rings is 1. The number of sulfonamides is 1. The van der Waals surface area contributed by atoms with Gasteiger partial charge in [0, 0.05) is 35.3 Å². The number of pyridine rings is 1. The Kier molecular flexibility index (Phi) is 4.54. The molecule has 3 heterocycles. The number of nitrogens with one attached hydrogen (secondary N) is 1. The highest BCUT2D eigenvalue weighted by atomic mass is 32.2. The van der Waals surface area contributed by atoms with E-state index in [1.165, 1.54) is 0 Å². The molecule has 8 heteroatoms. The van der Waals surface area contributed by atoms with E-state index in [-0.39, 0.29) is 11.4 Å². The number of para-hydroxylation sites is 1. The first kappa shape index (κ1) is 16.9. The van der Waals surface area contributed by atoms with Crippen LogP contribution in [-0.2, 0) is 16.6 Å². The van der Waals surface area contributed by atoms with Gasteiger partial charge in [-0.15, -0.1) is 0 Å². The monoisotopic (exact) mass is 384 g/mol. The summed E-state index contributed by atoms with van der Waals surface area (Å²) in [6, 6.07) is 12.7. The van der Waals surface area contributed by atoms with Crippen LogP contribution in [0.2, 0.25) is 0 Å². The quantitative estimate of drug-likeness (QED) is 0.554. The number of nitrogens with zero attached hydrogens (tertiary/aromatic N) is 3. The Bertz CT molecular complexity index is 1130. The average Bonchev–Trinajstić information content (AvgIpc) is 3.32. The first-order valence-corrected chi connectivity index (χ1v) is 10.5. The zero-order chi connectivity index (χ0) is 18.0. The second-order valence-electron chi connectivity index (χ2n) is 5.71. The molecule has 4 rings (SSSR count). The van der Waals surface area contributed by atoms with Crippen LogP contribution < -0.4 is 4.72 Å². The van der Waals surface area contributed by atoms with E-state index in [1.54, 1.807) is 40.4 Å². The van der Waals surface area contributed by atoms with Crippen molar-refractivity contribution in [2.24, 2.45) is 0 Å². The number of rotatable bonds is 6. The lowest BCUT2D eigenvalue weighted by molar-refractivity contribution is 0.562. The summed E-state index contributed by atoms with van der Waals surface area (Å²) in [5, 5.41) is 9.30. The molecule has 0 aliphatic carbocycles. The van der Waals surface area contributed by atoms with E-state index in [1.807, 2.05) is 41.2 Å². The van der Waals surface area contributed by atoms with Gasteiger partial charge in [-0.05, 0) is 29.6 Å². The van der Waals surface area contributed by atoms with Gasteiger partial charge in [0.15, 0.2) is 0 Å². The molecule has 0 aliphatic heterocycles. The van der Waals surface area contributed by atoms with Crippen LogP contribution in [0.1, 0.15) is 0 Å². The van der Waals surface area contributed by atoms with Gasteiger partial charge in [-0.3, -0.25) is 9.67 Å². The highest BCUT2D eigenvalue weighted by Crippen LogP contribution is 2.21. The van der Waals surface area contributed by atoms with Crippen molar-refractivity contribution in [3.63, 3.8) is 0 Å². The number of benzene rings is 1. The molecule has 0 radical (unpaired) electrons. The molecule has 0 amide bonds. The number of hydrogen-bond acceptors (Lipinski definition) is 5. The van der Waals surface area contributed by atoms with Gasteiger partial charge in [-0.2, -0.15) is 16.4 Å². The number of fused-ring (bicyclic) bond motifs is 1. The second-order valence-corrected chi connectivity index (χ2v) is 8.22. The zero-order valence-electron chi connectivity index (χ0n) is 13.7. The summed E-state index contributed by atoms with van der Waals surface area (Å²) in [6.07, 6.45) is 3.44. The fourth-order valence-corrected chi connectivity index (χ4v) is 4.56. The first-order chi connectivity index (χ1) is 12.6. The van der Waals surface area contributed by atoms with Crippen LogP contribution >= 0.6 is 11.3 Å². The van der Waals surface area contributed by atoms with Crippen molar-refractivity contribution in [2.75, 3.05) is 6.54 Å². The van der Waals surface area contributed by atoms with Crippen molar-refractivity contribution in [1.29, 1.82) is 0 Å². The van der Waals surface area contributed by atoms with Gasteiger partial charge in [0.05, 0.1) is 17.8 Å². The van der Waals surface area contributed by atoms with Crippen molar-refractivity contribution in [1.82, 2.24) is 19.5 Å². The third-order valence-electron chi connectivity index (χ3n) is 3.98. The summed E-state index contributed by atoms with van der Waals surface area (Å²) >= 11 is 1.62. The van der Waals surface area contributed by atoms with Gasteiger partial charge in [0.25, 0.3) is 0 Å². The standard InChI is InChI=1S/C18H16N4O2S2/c23-26(24,17-5-1-3-14-4-2-8-19-18(14)17)20-9-11-22-10-6-16(21-22)15-7-12-25-13-15/h1-8,10,12-13,20H,9,11H2. The first-order valence-electron chi connectivity index (χ1n) is 8.03. The number of aromatic nitrogens is 3. The van der Waals surface area contributed by atoms with Gasteiger partial charge < -0.3 is 0 Å². The Labute approximate surface area is 155 Å². The lowest BCUT2D eigenvalue weighted by Gasteiger charge is -2.09. The summed E-state index contributed by atoms with van der Waals surface area (Å²) in [5.74, 6) is 0. The maximum Gasteiger partial charge on any atom is 0.242 e. The van der Waals surface area contributed by atoms with Crippen LogP contribution in [0.4, 0.5) is 0 Å². The largest absolute Gasteiger partial charge is 0.271 e. The molecule has 0 aliphatic rings. The smallest absolute Gasteiger partial charge is 0.242 e. The van der Waals surface area contributed by atoms with E-state index in [0.717, 1.165) is 16.6 Å². The minimum atomic E-state index is -3.65. The molecule has 0 fully saturated rings. The topological polar surface area (TPSA) is 76.9 Å². The fraction of sp³-hybridized carbons (Fsp3) is 0.111. The zero-order valence-corrected chi connectivity index (χ0v) is 15.4. The minimum absolute atomic E-state index is 0.190. The third kappa shape index (κ3) is 3.39. The molecule has 0 spiro atoms. The normalized spacial score (nSPS) is 11.8. The van der Waals surface area contributed by atoms with E-state index in [9.17, 15) is 8.42 Å². The lowest BCUT2D eigenvalue weighted by Crippen LogP contribution is -2.27. The molecule has 0 atom stereocenters. The highest BCUT2D eigenvalue weighted by molar-refractivity contribution is 7.89. The number of hydrogen-bond donors (Lipinski definition) is 1. The van der Waals surface area contributed by atoms with E-state index in [0.29, 0.717) is 12.1 Å². The van der Waals surface area contributed by atoms with Crippen molar-refractivity contribution in [3.8, 4) is 11.3 Å². The Morgan fingerprint density at radius 3 is 2.85 bits per heavy atom. The van der Waals surface area contributed by atoms with Crippen molar-refractivity contribution in [2.45, 2.75) is 11.4 Å². The summed E-state index contributed by atoms with van der Waals surface area (Å²) in [6.45, 7) is 0.692. The molecular formula is C18H16N4O2S2. The molecule has 1 N–H and O–H groups in total. The van der Waals surface area contributed by atoms with Gasteiger partial charge in [0.1, 0.15) is 4.90 Å². The molecule has 0 unspecified atom stereocenters. The maximum atomic E-state index is 12.6. The summed E-state index contributed by atoms with van der Waals surface area (Å²) in [5.41, 5.74) is 2.42. The van der Waals surface area contributed by atoms with Crippen LogP contribution in [0.25, 0.3) is 22.2 Å². The molecule has 0 saturated carbocycles. The van der Waals surface area contributed by atoms with Crippen molar-refractivity contribution < 1.29 is 8.42 Å². The molecule has 0 bridgehead atoms. The predicted octanol–water partition coefficient (Wildman–Crippen LogP) is 3.14. The summed E-state index contributed by atoms with van der Waals surface area (Å²) in [4.78, 5) is 4.40. The predicted molar refractivity (Wildman–Crippen MR) is 102 cm³/mol. The SMILES string of the molecule is O=S(=O)(NCCn1ccc(-c2ccsc2)n1)c1cccc2cccnc12. The molecule has 6 nitrogen and oxygen atoms in total. The Morgan fingerprint density at radius 1 is 1.12 bits per heavy atom. The molecule has 3 aromatic heterocycles. The van der Waals surface area contributed by atoms with Gasteiger partial charge >= 0.3 is 0 Å². The van der Waals surface area contributed by atoms with Crippen LogP contribution in [0.3, 0.4) is 0 Å². The Hall–Kier alpha value is -2.55. The summed E-state index contributed by atoms with van der Waals surface area (Å²) in [7, 11) is -3.65. The molecule has 1 aromatic carbocycles. The highest BCUT2D eigenvalue weighted by Gasteiger charge is 2.17. The van der Waals surface area contributed by atoms with E-state index in [2.05, 4.69) is 14.8 Å². The second kappa shape index (κ2) is 6.99. The van der Waals surface area contributed by atoms with Crippen LogP contribution in [0.15, 0.2) is 70.5 Å². The Morgan fingerprint density at radius 2 is 2.00 bits per heavy atom. The van der Waals surface area contributed by atoms with E-state index < -0.39 is 10.0 Å². The minimum Gasteiger partial charge on any atom is -0.271 e. The van der Waals surface area contributed by atoms with Crippen molar-refractivity contribution >= 4 is 32.3 Å². The van der Waals surface area contributed by atoms with Gasteiger partial charge in [0.2, 0.25) is 10.0 Å². The third-order valence-corrected chi connectivity index (χ3v) is 6.15.